The van der Waals surface area contributed by atoms with Crippen LogP contribution in [0.2, 0.25) is 0 Å². The number of hydrogen-bond donors (Lipinski definition) is 2. The van der Waals surface area contributed by atoms with Crippen LogP contribution in [-0.4, -0.2) is 43.6 Å². The maximum Gasteiger partial charge on any atom is 0.264 e. The molecule has 2 rings (SSSR count). The van der Waals surface area contributed by atoms with E-state index in [9.17, 15) is 13.2 Å². The molecule has 1 aromatic rings. The minimum atomic E-state index is -2.98. The number of para-hydroxylation sites is 1. The minimum absolute atomic E-state index is 0.0452. The summed E-state index contributed by atoms with van der Waals surface area (Å²) in [5, 5.41) is 5.42. The second kappa shape index (κ2) is 6.86. The van der Waals surface area contributed by atoms with Gasteiger partial charge in [0.05, 0.1) is 11.5 Å². The molecule has 2 N–H and O–H groups in total. The van der Waals surface area contributed by atoms with Crippen molar-refractivity contribution in [1.29, 1.82) is 0 Å². The van der Waals surface area contributed by atoms with Gasteiger partial charge in [-0.15, -0.1) is 0 Å². The second-order valence-corrected chi connectivity index (χ2v) is 7.36. The largest absolute Gasteiger partial charge is 0.484 e. The van der Waals surface area contributed by atoms with Gasteiger partial charge in [-0.3, -0.25) is 4.79 Å². The molecule has 0 spiro atoms. The van der Waals surface area contributed by atoms with Crippen molar-refractivity contribution < 1.29 is 17.9 Å². The third-order valence-electron chi connectivity index (χ3n) is 2.93. The molecule has 6 nitrogen and oxygen atoms in total. The first-order valence-electron chi connectivity index (χ1n) is 6.43. The molecule has 0 aliphatic carbocycles. The Morgan fingerprint density at radius 1 is 1.33 bits per heavy atom. The third kappa shape index (κ3) is 5.31. The average molecular weight is 328 g/mol. The van der Waals surface area contributed by atoms with Crippen LogP contribution >= 0.6 is 12.2 Å². The van der Waals surface area contributed by atoms with E-state index in [0.717, 1.165) is 0 Å². The monoisotopic (exact) mass is 328 g/mol. The van der Waals surface area contributed by atoms with Crippen LogP contribution in [0, 0.1) is 0 Å². The lowest BCUT2D eigenvalue weighted by Crippen LogP contribution is -2.46. The Bertz CT molecular complexity index is 616. The highest BCUT2D eigenvalue weighted by Crippen LogP contribution is 2.11. The molecule has 0 saturated carbocycles. The first kappa shape index (κ1) is 15.7. The summed E-state index contributed by atoms with van der Waals surface area (Å²) >= 11 is 4.98. The number of hydrogen-bond acceptors (Lipinski definition) is 5. The molecule has 1 atom stereocenters. The third-order valence-corrected chi connectivity index (χ3v) is 4.92. The Morgan fingerprint density at radius 2 is 2.05 bits per heavy atom. The molecule has 1 aliphatic heterocycles. The quantitative estimate of drug-likeness (QED) is 0.771. The van der Waals surface area contributed by atoms with Crippen molar-refractivity contribution in [3.8, 4) is 5.75 Å². The van der Waals surface area contributed by atoms with Crippen LogP contribution in [0.15, 0.2) is 30.3 Å². The fourth-order valence-electron chi connectivity index (χ4n) is 1.96. The van der Waals surface area contributed by atoms with E-state index < -0.39 is 15.7 Å². The summed E-state index contributed by atoms with van der Waals surface area (Å²) in [6, 6.07) is 8.71. The first-order chi connectivity index (χ1) is 9.94. The summed E-state index contributed by atoms with van der Waals surface area (Å²) < 4.78 is 27.9. The molecule has 0 aromatic heterocycles. The predicted octanol–water partition coefficient (Wildman–Crippen LogP) is 0.243. The van der Waals surface area contributed by atoms with Crippen molar-refractivity contribution in [3.05, 3.63) is 30.3 Å². The molecule has 21 heavy (non-hydrogen) atoms. The van der Waals surface area contributed by atoms with E-state index in [-0.39, 0.29) is 29.3 Å². The number of carbonyl (C=O) groups is 1. The smallest absolute Gasteiger partial charge is 0.264 e. The summed E-state index contributed by atoms with van der Waals surface area (Å²) in [5.41, 5.74) is 0. The van der Waals surface area contributed by atoms with Crippen LogP contribution in [0.25, 0.3) is 0 Å². The number of benzene rings is 1. The van der Waals surface area contributed by atoms with E-state index >= 15 is 0 Å². The van der Waals surface area contributed by atoms with Gasteiger partial charge in [-0.1, -0.05) is 18.2 Å². The van der Waals surface area contributed by atoms with E-state index in [2.05, 4.69) is 10.6 Å². The molecule has 0 radical (unpaired) electrons. The number of nitrogens with one attached hydrogen (secondary N) is 2. The number of ether oxygens (including phenoxy) is 1. The Balaban J connectivity index is 1.71. The zero-order chi connectivity index (χ0) is 15.3. The second-order valence-electron chi connectivity index (χ2n) is 4.72. The highest BCUT2D eigenvalue weighted by Gasteiger charge is 2.28. The van der Waals surface area contributed by atoms with Gasteiger partial charge in [0.15, 0.2) is 21.6 Å². The van der Waals surface area contributed by atoms with Crippen molar-refractivity contribution in [1.82, 2.24) is 10.6 Å². The van der Waals surface area contributed by atoms with E-state index in [0.29, 0.717) is 12.2 Å². The van der Waals surface area contributed by atoms with Crippen molar-refractivity contribution >= 4 is 33.1 Å². The highest BCUT2D eigenvalue weighted by molar-refractivity contribution is 7.91. The lowest BCUT2D eigenvalue weighted by Gasteiger charge is -2.14. The standard InChI is InChI=1S/C13H16N2O4S2/c16-12(8-19-11-4-2-1-3-5-11)15-13(20)14-10-6-7-21(17,18)9-10/h1-5,10H,6-9H2,(H2,14,15,16,20). The Morgan fingerprint density at radius 3 is 2.67 bits per heavy atom. The van der Waals surface area contributed by atoms with Gasteiger partial charge in [0, 0.05) is 6.04 Å². The molecular formula is C13H16N2O4S2. The van der Waals surface area contributed by atoms with Crippen molar-refractivity contribution in [2.45, 2.75) is 12.5 Å². The minimum Gasteiger partial charge on any atom is -0.484 e. The van der Waals surface area contributed by atoms with Crippen LogP contribution in [0.1, 0.15) is 6.42 Å². The normalized spacial score (nSPS) is 19.7. The van der Waals surface area contributed by atoms with Crippen LogP contribution < -0.4 is 15.4 Å². The van der Waals surface area contributed by atoms with Gasteiger partial charge in [-0.2, -0.15) is 0 Å². The van der Waals surface area contributed by atoms with E-state index in [1.54, 1.807) is 24.3 Å². The van der Waals surface area contributed by atoms with Crippen LogP contribution in [0.5, 0.6) is 5.75 Å². The first-order valence-corrected chi connectivity index (χ1v) is 8.66. The van der Waals surface area contributed by atoms with Crippen molar-refractivity contribution in [2.24, 2.45) is 0 Å². The molecule has 0 bridgehead atoms. The van der Waals surface area contributed by atoms with Gasteiger partial charge in [0.2, 0.25) is 0 Å². The Kier molecular flexibility index (Phi) is 5.13. The van der Waals surface area contributed by atoms with E-state index in [4.69, 9.17) is 17.0 Å². The van der Waals surface area contributed by atoms with Crippen LogP contribution in [0.4, 0.5) is 0 Å². The Labute approximate surface area is 128 Å². The molecule has 1 aliphatic rings. The molecular weight excluding hydrogens is 312 g/mol. The summed E-state index contributed by atoms with van der Waals surface area (Å²) in [7, 11) is -2.98. The van der Waals surface area contributed by atoms with Gasteiger partial charge in [0.25, 0.3) is 5.91 Å². The van der Waals surface area contributed by atoms with Gasteiger partial charge in [-0.25, -0.2) is 8.42 Å². The lowest BCUT2D eigenvalue weighted by molar-refractivity contribution is -0.121. The molecule has 1 unspecified atom stereocenters. The molecule has 1 heterocycles. The predicted molar refractivity (Wildman–Crippen MR) is 82.9 cm³/mol. The number of sulfone groups is 1. The molecule has 8 heteroatoms. The summed E-state index contributed by atoms with van der Waals surface area (Å²) in [6.07, 6.45) is 0.499. The lowest BCUT2D eigenvalue weighted by atomic mass is 10.3. The zero-order valence-corrected chi connectivity index (χ0v) is 12.9. The molecule has 1 aromatic carbocycles. The number of carbonyl (C=O) groups excluding carboxylic acids is 1. The van der Waals surface area contributed by atoms with Gasteiger partial charge < -0.3 is 15.4 Å². The average Bonchev–Trinajstić information content (AvgIpc) is 2.76. The number of amides is 1. The molecule has 114 valence electrons. The van der Waals surface area contributed by atoms with E-state index in [1.807, 2.05) is 6.07 Å². The van der Waals surface area contributed by atoms with Gasteiger partial charge >= 0.3 is 0 Å². The fraction of sp³-hybridized carbons (Fsp3) is 0.385. The molecule has 1 amide bonds. The number of thiocarbonyl (C=S) groups is 1. The zero-order valence-electron chi connectivity index (χ0n) is 11.2. The van der Waals surface area contributed by atoms with Crippen molar-refractivity contribution in [2.75, 3.05) is 18.1 Å². The fourth-order valence-corrected chi connectivity index (χ4v) is 3.91. The van der Waals surface area contributed by atoms with Crippen LogP contribution in [-0.2, 0) is 14.6 Å². The van der Waals surface area contributed by atoms with Crippen LogP contribution in [0.3, 0.4) is 0 Å². The van der Waals surface area contributed by atoms with Crippen molar-refractivity contribution in [3.63, 3.8) is 0 Å². The highest BCUT2D eigenvalue weighted by atomic mass is 32.2. The summed E-state index contributed by atoms with van der Waals surface area (Å²) in [6.45, 7) is -0.158. The summed E-state index contributed by atoms with van der Waals surface area (Å²) in [5.74, 6) is 0.396. The van der Waals surface area contributed by atoms with Gasteiger partial charge in [-0.05, 0) is 30.8 Å². The Hall–Kier alpha value is -1.67. The SMILES string of the molecule is O=C(COc1ccccc1)NC(=S)NC1CCS(=O)(=O)C1. The van der Waals surface area contributed by atoms with E-state index in [1.165, 1.54) is 0 Å². The summed E-state index contributed by atoms with van der Waals surface area (Å²) in [4.78, 5) is 11.6. The van der Waals surface area contributed by atoms with Gasteiger partial charge in [0.1, 0.15) is 5.75 Å². The molecule has 1 fully saturated rings. The molecule has 1 saturated heterocycles. The maximum atomic E-state index is 11.6. The number of rotatable bonds is 4. The topological polar surface area (TPSA) is 84.5 Å². The maximum absolute atomic E-state index is 11.6.